The SMILES string of the molecule is CCOc1ccc(NC(=O)COC(=O)C=Cc2ccc(OC)cc2)cc1. The van der Waals surface area contributed by atoms with Crippen LogP contribution in [0.1, 0.15) is 12.5 Å². The highest BCUT2D eigenvalue weighted by Crippen LogP contribution is 2.15. The molecule has 0 aliphatic rings. The first kappa shape index (κ1) is 19.1. The van der Waals surface area contributed by atoms with E-state index >= 15 is 0 Å². The molecule has 6 nitrogen and oxygen atoms in total. The number of ether oxygens (including phenoxy) is 3. The maximum atomic E-state index is 11.8. The summed E-state index contributed by atoms with van der Waals surface area (Å²) in [6, 6.07) is 14.1. The zero-order chi connectivity index (χ0) is 18.8. The van der Waals surface area contributed by atoms with Crippen molar-refractivity contribution in [1.29, 1.82) is 0 Å². The summed E-state index contributed by atoms with van der Waals surface area (Å²) in [7, 11) is 1.58. The molecule has 0 fully saturated rings. The maximum Gasteiger partial charge on any atom is 0.331 e. The van der Waals surface area contributed by atoms with E-state index in [0.717, 1.165) is 17.1 Å². The number of hydrogen-bond acceptors (Lipinski definition) is 5. The van der Waals surface area contributed by atoms with Crippen LogP contribution in [0.3, 0.4) is 0 Å². The van der Waals surface area contributed by atoms with Crippen LogP contribution < -0.4 is 14.8 Å². The highest BCUT2D eigenvalue weighted by atomic mass is 16.5. The minimum atomic E-state index is -0.595. The molecule has 1 N–H and O–H groups in total. The Hall–Kier alpha value is -3.28. The molecule has 26 heavy (non-hydrogen) atoms. The first-order valence-corrected chi connectivity index (χ1v) is 8.12. The average Bonchev–Trinajstić information content (AvgIpc) is 2.67. The summed E-state index contributed by atoms with van der Waals surface area (Å²) in [5.74, 6) is 0.444. The van der Waals surface area contributed by atoms with Gasteiger partial charge in [0.15, 0.2) is 6.61 Å². The third kappa shape index (κ3) is 6.32. The summed E-state index contributed by atoms with van der Waals surface area (Å²) in [6.07, 6.45) is 2.87. The first-order valence-electron chi connectivity index (χ1n) is 8.12. The maximum absolute atomic E-state index is 11.8. The van der Waals surface area contributed by atoms with E-state index in [1.807, 2.05) is 6.92 Å². The summed E-state index contributed by atoms with van der Waals surface area (Å²) in [4.78, 5) is 23.5. The van der Waals surface area contributed by atoms with E-state index in [0.29, 0.717) is 12.3 Å². The second-order valence-electron chi connectivity index (χ2n) is 5.22. The van der Waals surface area contributed by atoms with Gasteiger partial charge in [-0.1, -0.05) is 12.1 Å². The Kier molecular flexibility index (Phi) is 7.24. The molecule has 0 aromatic heterocycles. The van der Waals surface area contributed by atoms with Crippen LogP contribution in [0.25, 0.3) is 6.08 Å². The van der Waals surface area contributed by atoms with Crippen LogP contribution >= 0.6 is 0 Å². The number of methoxy groups -OCH3 is 1. The van der Waals surface area contributed by atoms with Crippen molar-refractivity contribution in [2.45, 2.75) is 6.92 Å². The minimum absolute atomic E-state index is 0.362. The van der Waals surface area contributed by atoms with Crippen molar-refractivity contribution in [1.82, 2.24) is 0 Å². The standard InChI is InChI=1S/C20H21NO5/c1-3-25-18-11-7-16(8-12-18)21-19(22)14-26-20(23)13-6-15-4-9-17(24-2)10-5-15/h4-13H,3,14H2,1-2H3,(H,21,22). The number of nitrogens with one attached hydrogen (secondary N) is 1. The number of amides is 1. The van der Waals surface area contributed by atoms with Crippen LogP contribution in [0.2, 0.25) is 0 Å². The normalized spacial score (nSPS) is 10.4. The number of esters is 1. The number of anilines is 1. The Morgan fingerprint density at radius 1 is 1.00 bits per heavy atom. The Labute approximate surface area is 152 Å². The van der Waals surface area contributed by atoms with Gasteiger partial charge in [0.1, 0.15) is 11.5 Å². The largest absolute Gasteiger partial charge is 0.497 e. The molecule has 0 heterocycles. The average molecular weight is 355 g/mol. The van der Waals surface area contributed by atoms with Gasteiger partial charge in [-0.3, -0.25) is 4.79 Å². The van der Waals surface area contributed by atoms with Gasteiger partial charge >= 0.3 is 5.97 Å². The molecule has 0 aliphatic heterocycles. The summed E-state index contributed by atoms with van der Waals surface area (Å²) in [5, 5.41) is 2.64. The summed E-state index contributed by atoms with van der Waals surface area (Å²) in [5.41, 5.74) is 1.42. The molecule has 0 aliphatic carbocycles. The zero-order valence-electron chi connectivity index (χ0n) is 14.7. The molecule has 0 saturated heterocycles. The first-order chi connectivity index (χ1) is 12.6. The Balaban J connectivity index is 1.76. The minimum Gasteiger partial charge on any atom is -0.497 e. The molecule has 0 spiro atoms. The van der Waals surface area contributed by atoms with Crippen LogP contribution in [-0.4, -0.2) is 32.2 Å². The molecule has 2 aromatic carbocycles. The number of benzene rings is 2. The molecule has 2 rings (SSSR count). The van der Waals surface area contributed by atoms with Gasteiger partial charge in [-0.25, -0.2) is 4.79 Å². The number of carbonyl (C=O) groups excluding carboxylic acids is 2. The van der Waals surface area contributed by atoms with Gasteiger partial charge in [-0.2, -0.15) is 0 Å². The van der Waals surface area contributed by atoms with Crippen LogP contribution in [0.15, 0.2) is 54.6 Å². The van der Waals surface area contributed by atoms with Gasteiger partial charge in [0, 0.05) is 11.8 Å². The van der Waals surface area contributed by atoms with Gasteiger partial charge in [-0.15, -0.1) is 0 Å². The molecule has 2 aromatic rings. The molecule has 0 atom stereocenters. The molecular formula is C20H21NO5. The molecule has 136 valence electrons. The molecular weight excluding hydrogens is 334 g/mol. The van der Waals surface area contributed by atoms with Gasteiger partial charge in [-0.05, 0) is 55.0 Å². The fraction of sp³-hybridized carbons (Fsp3) is 0.200. The van der Waals surface area contributed by atoms with Gasteiger partial charge in [0.2, 0.25) is 0 Å². The van der Waals surface area contributed by atoms with Crippen molar-refractivity contribution in [2.75, 3.05) is 25.6 Å². The van der Waals surface area contributed by atoms with Crippen molar-refractivity contribution < 1.29 is 23.8 Å². The third-order valence-corrected chi connectivity index (χ3v) is 3.32. The van der Waals surface area contributed by atoms with Crippen molar-refractivity contribution in [2.24, 2.45) is 0 Å². The van der Waals surface area contributed by atoms with E-state index in [1.165, 1.54) is 6.08 Å². The van der Waals surface area contributed by atoms with Crippen molar-refractivity contribution in [3.05, 3.63) is 60.2 Å². The van der Waals surface area contributed by atoms with E-state index in [4.69, 9.17) is 14.2 Å². The van der Waals surface area contributed by atoms with Crippen LogP contribution in [0.4, 0.5) is 5.69 Å². The summed E-state index contributed by atoms with van der Waals surface area (Å²) >= 11 is 0. The molecule has 0 saturated carbocycles. The lowest BCUT2D eigenvalue weighted by Gasteiger charge is -2.07. The van der Waals surface area contributed by atoms with E-state index in [1.54, 1.807) is 61.7 Å². The summed E-state index contributed by atoms with van der Waals surface area (Å²) < 4.78 is 15.3. The van der Waals surface area contributed by atoms with E-state index < -0.39 is 11.9 Å². The topological polar surface area (TPSA) is 73.9 Å². The molecule has 0 radical (unpaired) electrons. The van der Waals surface area contributed by atoms with Gasteiger partial charge in [0.25, 0.3) is 5.91 Å². The number of rotatable bonds is 8. The van der Waals surface area contributed by atoms with Crippen LogP contribution in [0, 0.1) is 0 Å². The highest BCUT2D eigenvalue weighted by molar-refractivity contribution is 5.94. The van der Waals surface area contributed by atoms with E-state index in [9.17, 15) is 9.59 Å². The van der Waals surface area contributed by atoms with Crippen molar-refractivity contribution in [3.8, 4) is 11.5 Å². The second-order valence-corrected chi connectivity index (χ2v) is 5.22. The molecule has 0 unspecified atom stereocenters. The van der Waals surface area contributed by atoms with E-state index in [2.05, 4.69) is 5.32 Å². The van der Waals surface area contributed by atoms with Gasteiger partial charge < -0.3 is 19.5 Å². The van der Waals surface area contributed by atoms with Crippen molar-refractivity contribution in [3.63, 3.8) is 0 Å². The molecule has 1 amide bonds. The number of carbonyl (C=O) groups is 2. The predicted molar refractivity (Wildman–Crippen MR) is 99.2 cm³/mol. The lowest BCUT2D eigenvalue weighted by atomic mass is 10.2. The fourth-order valence-corrected chi connectivity index (χ4v) is 2.06. The Bertz CT molecular complexity index is 751. The Morgan fingerprint density at radius 2 is 1.65 bits per heavy atom. The van der Waals surface area contributed by atoms with Crippen LogP contribution in [-0.2, 0) is 14.3 Å². The lowest BCUT2D eigenvalue weighted by molar-refractivity contribution is -0.142. The monoisotopic (exact) mass is 355 g/mol. The fourth-order valence-electron chi connectivity index (χ4n) is 2.06. The quantitative estimate of drug-likeness (QED) is 0.581. The Morgan fingerprint density at radius 3 is 2.27 bits per heavy atom. The highest BCUT2D eigenvalue weighted by Gasteiger charge is 2.06. The zero-order valence-corrected chi connectivity index (χ0v) is 14.7. The van der Waals surface area contributed by atoms with Gasteiger partial charge in [0.05, 0.1) is 13.7 Å². The second kappa shape index (κ2) is 9.88. The third-order valence-electron chi connectivity index (χ3n) is 3.32. The molecule has 0 bridgehead atoms. The van der Waals surface area contributed by atoms with Crippen LogP contribution in [0.5, 0.6) is 11.5 Å². The predicted octanol–water partition coefficient (Wildman–Crippen LogP) is 3.29. The lowest BCUT2D eigenvalue weighted by Crippen LogP contribution is -2.20. The van der Waals surface area contributed by atoms with E-state index in [-0.39, 0.29) is 6.61 Å². The smallest absolute Gasteiger partial charge is 0.331 e. The molecule has 6 heteroatoms. The summed E-state index contributed by atoms with van der Waals surface area (Å²) in [6.45, 7) is 2.11. The van der Waals surface area contributed by atoms with Crippen molar-refractivity contribution >= 4 is 23.6 Å². The number of hydrogen-bond donors (Lipinski definition) is 1.